The predicted octanol–water partition coefficient (Wildman–Crippen LogP) is 9.34. The molecule has 232 valence electrons. The van der Waals surface area contributed by atoms with Crippen molar-refractivity contribution in [2.24, 2.45) is 7.05 Å². The fourth-order valence-corrected chi connectivity index (χ4v) is 1.36. The minimum Gasteiger partial charge on any atom is -0.240 e. The summed E-state index contributed by atoms with van der Waals surface area (Å²) in [6.07, 6.45) is -16.9. The van der Waals surface area contributed by atoms with Gasteiger partial charge in [0.1, 0.15) is 12.4 Å². The third-order valence-corrected chi connectivity index (χ3v) is 2.84. The van der Waals surface area contributed by atoms with E-state index in [2.05, 4.69) is 41.8 Å². The Labute approximate surface area is 204 Å². The fourth-order valence-electron chi connectivity index (χ4n) is 1.36. The van der Waals surface area contributed by atoms with E-state index >= 15 is 0 Å². The van der Waals surface area contributed by atoms with Gasteiger partial charge in [0.05, 0.1) is 13.6 Å². The lowest BCUT2D eigenvalue weighted by Crippen LogP contribution is -2.23. The summed E-state index contributed by atoms with van der Waals surface area (Å²) >= 11 is 0. The van der Waals surface area contributed by atoms with Gasteiger partial charge in [-0.05, 0) is 12.8 Å². The van der Waals surface area contributed by atoms with Crippen molar-refractivity contribution in [1.82, 2.24) is 4.57 Å². The highest BCUT2D eigenvalue weighted by Crippen LogP contribution is 2.50. The quantitative estimate of drug-likeness (QED) is 0.138. The monoisotopic (exact) mass is 631 g/mol. The number of nitrogens with zero attached hydrogens (tertiary/aromatic N) is 2. The largest absolute Gasteiger partial charge is 0.591 e. The van der Waals surface area contributed by atoms with E-state index in [1.54, 1.807) is 0 Å². The van der Waals surface area contributed by atoms with Crippen LogP contribution in [-0.2, 0) is 18.2 Å². The van der Waals surface area contributed by atoms with Crippen LogP contribution < -0.4 is 4.57 Å². The Morgan fingerprint density at radius 3 is 1.18 bits per heavy atom. The first-order chi connectivity index (χ1) is 16.7. The summed E-state index contributed by atoms with van der Waals surface area (Å²) in [5, 5.41) is 0. The smallest absolute Gasteiger partial charge is 0.240 e. The maximum atomic E-state index is 10.4. The molecule has 0 aliphatic heterocycles. The van der Waals surface area contributed by atoms with Crippen LogP contribution in [0, 0.1) is 0 Å². The van der Waals surface area contributed by atoms with Crippen molar-refractivity contribution in [3.63, 3.8) is 0 Å². The summed E-state index contributed by atoms with van der Waals surface area (Å²) in [6, 6.07) is 0. The number of hydrogen-bond donors (Lipinski definition) is 0. The van der Waals surface area contributed by atoms with Crippen LogP contribution in [0.15, 0.2) is 18.7 Å². The molecule has 0 unspecified atom stereocenters. The average Bonchev–Trinajstić information content (AvgIpc) is 3.08. The van der Waals surface area contributed by atoms with Crippen LogP contribution in [0.2, 0.25) is 0 Å². The van der Waals surface area contributed by atoms with E-state index in [1.165, 1.54) is 32.2 Å². The molecule has 0 aliphatic rings. The number of rotatable bonds is 5. The minimum absolute atomic E-state index is 1.17. The molecule has 0 spiro atoms. The molecule has 0 aromatic carbocycles. The molecule has 0 saturated heterocycles. The van der Waals surface area contributed by atoms with E-state index < -0.39 is 45.9 Å². The van der Waals surface area contributed by atoms with Crippen molar-refractivity contribution in [3.05, 3.63) is 18.7 Å². The van der Waals surface area contributed by atoms with E-state index in [-0.39, 0.29) is 0 Å². The molecule has 38 heavy (non-hydrogen) atoms. The molecule has 0 bridgehead atoms. The van der Waals surface area contributed by atoms with E-state index in [1.807, 2.05) is 0 Å². The lowest BCUT2D eigenvalue weighted by Gasteiger charge is -2.00. The molecule has 0 aliphatic carbocycles. The lowest BCUT2D eigenvalue weighted by atomic mass is 10.2. The summed E-state index contributed by atoms with van der Waals surface area (Å²) in [4.78, 5) is 0. The summed E-state index contributed by atoms with van der Waals surface area (Å²) in [6.45, 7) is 3.41. The molecule has 1 aromatic rings. The van der Waals surface area contributed by atoms with Gasteiger partial charge in [-0.1, -0.05) is 19.8 Å². The second-order valence-electron chi connectivity index (χ2n) is 6.30. The van der Waals surface area contributed by atoms with Crippen molar-refractivity contribution in [1.29, 1.82) is 0 Å². The summed E-state index contributed by atoms with van der Waals surface area (Å²) in [5.74, 6) is 0. The Bertz CT molecular complexity index is 672. The highest BCUT2D eigenvalue weighted by Gasteiger charge is 2.41. The molecule has 22 heteroatoms. The van der Waals surface area contributed by atoms with Crippen molar-refractivity contribution in [2.45, 2.75) is 77.0 Å². The van der Waals surface area contributed by atoms with Gasteiger partial charge in [0.2, 0.25) is 6.33 Å². The van der Waals surface area contributed by atoms with Crippen molar-refractivity contribution in [2.75, 3.05) is 0 Å². The highest BCUT2D eigenvalue weighted by atomic mass is 31.3. The zero-order chi connectivity index (χ0) is 31.5. The summed E-state index contributed by atoms with van der Waals surface area (Å²) in [5.41, 5.74) is 0. The van der Waals surface area contributed by atoms with E-state index in [0.717, 1.165) is 0 Å². The fraction of sp³-hybridized carbons (Fsp3) is 0.812. The number of halogens is 18. The third kappa shape index (κ3) is 38.7. The van der Waals surface area contributed by atoms with Gasteiger partial charge < -0.3 is 0 Å². The second kappa shape index (κ2) is 20.1. The molecule has 1 rings (SSSR count). The molecular formula is C16H22F18N2OP+. The second-order valence-corrected chi connectivity index (χ2v) is 7.10. The average molecular weight is 631 g/mol. The van der Waals surface area contributed by atoms with E-state index in [9.17, 15) is 78.4 Å². The number of aryl methyl sites for hydroxylation is 2. The number of hydrogen-bond acceptors (Lipinski definition) is 1. The maximum absolute atomic E-state index is 10.4. The standard InChI is InChI=1S/C10H19N2.3C2HF5.F3OP/c1-3-4-5-6-7-12-9-8-11(2)10-12;3*3-1(4)2(5,6)7;1-5(2,3)4/h8-10H,3-7H2,1-2H3;3*1H;/q+1;;;;. The van der Waals surface area contributed by atoms with Gasteiger partial charge in [-0.2, -0.15) is 39.5 Å². The zero-order valence-electron chi connectivity index (χ0n) is 19.1. The third-order valence-electron chi connectivity index (χ3n) is 2.84. The summed E-state index contributed by atoms with van der Waals surface area (Å²) < 4.78 is 199. The first-order valence-corrected chi connectivity index (χ1v) is 10.8. The molecular weight excluding hydrogens is 609 g/mol. The van der Waals surface area contributed by atoms with Crippen LogP contribution in [0.25, 0.3) is 0 Å². The molecule has 0 atom stereocenters. The van der Waals surface area contributed by atoms with Crippen LogP contribution in [0.4, 0.5) is 78.4 Å². The van der Waals surface area contributed by atoms with Gasteiger partial charge >= 0.3 is 45.9 Å². The minimum atomic E-state index is -6.14. The molecule has 0 saturated carbocycles. The van der Waals surface area contributed by atoms with Crippen molar-refractivity contribution in [3.8, 4) is 0 Å². The number of unbranched alkanes of at least 4 members (excludes halogenated alkanes) is 3. The van der Waals surface area contributed by atoms with Crippen molar-refractivity contribution >= 4 is 8.07 Å². The molecule has 0 fully saturated rings. The van der Waals surface area contributed by atoms with Gasteiger partial charge in [-0.25, -0.2) is 40.0 Å². The predicted molar refractivity (Wildman–Crippen MR) is 96.9 cm³/mol. The van der Waals surface area contributed by atoms with Gasteiger partial charge in [0.15, 0.2) is 0 Å². The molecule has 0 N–H and O–H groups in total. The SMILES string of the molecule is CCCCCCn1cc[n+](C)c1.FC(F)C(F)(F)F.FC(F)C(F)(F)F.FC(F)C(F)(F)F.O=P(F)(F)F. The first-order valence-electron chi connectivity index (χ1n) is 9.40. The Morgan fingerprint density at radius 2 is 1.00 bits per heavy atom. The highest BCUT2D eigenvalue weighted by molar-refractivity contribution is 7.47. The van der Waals surface area contributed by atoms with E-state index in [4.69, 9.17) is 4.57 Å². The van der Waals surface area contributed by atoms with Gasteiger partial charge in [-0.15, -0.1) is 12.6 Å². The van der Waals surface area contributed by atoms with Gasteiger partial charge in [-0.3, -0.25) is 0 Å². The van der Waals surface area contributed by atoms with Crippen LogP contribution in [0.3, 0.4) is 0 Å². The van der Waals surface area contributed by atoms with Gasteiger partial charge in [0.25, 0.3) is 0 Å². The number of alkyl halides is 15. The Morgan fingerprint density at radius 1 is 0.711 bits per heavy atom. The molecule has 1 aromatic heterocycles. The Kier molecular flexibility index (Phi) is 22.9. The zero-order valence-corrected chi connectivity index (χ0v) is 19.9. The molecule has 1 heterocycles. The van der Waals surface area contributed by atoms with Gasteiger partial charge in [0, 0.05) is 0 Å². The van der Waals surface area contributed by atoms with Crippen LogP contribution in [0.1, 0.15) is 32.6 Å². The molecule has 0 amide bonds. The maximum Gasteiger partial charge on any atom is 0.591 e. The Hall–Kier alpha value is -1.82. The molecule has 0 radical (unpaired) electrons. The Balaban J connectivity index is -0.000000198. The first kappa shape index (κ1) is 43.2. The normalized spacial score (nSPS) is 12.0. The topological polar surface area (TPSA) is 25.9 Å². The van der Waals surface area contributed by atoms with Crippen molar-refractivity contribution < 1.29 is 87.6 Å². The van der Waals surface area contributed by atoms with Crippen LogP contribution >= 0.6 is 8.07 Å². The lowest BCUT2D eigenvalue weighted by molar-refractivity contribution is -0.671. The summed E-state index contributed by atoms with van der Waals surface area (Å²) in [7, 11) is -4.08. The van der Waals surface area contributed by atoms with Crippen LogP contribution in [-0.4, -0.2) is 42.4 Å². The number of imidazole rings is 1. The van der Waals surface area contributed by atoms with E-state index in [0.29, 0.717) is 0 Å². The molecule has 3 nitrogen and oxygen atoms in total. The number of aromatic nitrogens is 2. The van der Waals surface area contributed by atoms with Crippen LogP contribution in [0.5, 0.6) is 0 Å².